The maximum absolute atomic E-state index is 12.5. The van der Waals surface area contributed by atoms with Crippen LogP contribution in [0.1, 0.15) is 44.2 Å². The highest BCUT2D eigenvalue weighted by molar-refractivity contribution is 9.11. The molecule has 3 nitrogen and oxygen atoms in total. The number of sulfone groups is 1. The van der Waals surface area contributed by atoms with Gasteiger partial charge in [0.1, 0.15) is 0 Å². The highest BCUT2D eigenvalue weighted by Crippen LogP contribution is 2.35. The Hall–Kier alpha value is 0.0900. The van der Waals surface area contributed by atoms with Gasteiger partial charge in [-0.2, -0.15) is 0 Å². The van der Waals surface area contributed by atoms with Gasteiger partial charge in [0, 0.05) is 8.95 Å². The van der Waals surface area contributed by atoms with E-state index in [4.69, 9.17) is 0 Å². The summed E-state index contributed by atoms with van der Waals surface area (Å²) in [4.78, 5) is 0. The van der Waals surface area contributed by atoms with E-state index >= 15 is 0 Å². The first kappa shape index (κ1) is 17.4. The Kier molecular flexibility index (Phi) is 6.29. The van der Waals surface area contributed by atoms with Crippen LogP contribution >= 0.6 is 31.9 Å². The van der Waals surface area contributed by atoms with Gasteiger partial charge < -0.3 is 5.32 Å². The van der Waals surface area contributed by atoms with Crippen molar-refractivity contribution in [1.29, 1.82) is 0 Å². The molecule has 1 aliphatic rings. The summed E-state index contributed by atoms with van der Waals surface area (Å²) in [7, 11) is -3.03. The predicted molar refractivity (Wildman–Crippen MR) is 94.3 cm³/mol. The van der Waals surface area contributed by atoms with Gasteiger partial charge in [0.15, 0.2) is 9.84 Å². The number of halogens is 2. The van der Waals surface area contributed by atoms with Gasteiger partial charge in [-0.25, -0.2) is 8.42 Å². The number of benzene rings is 1. The number of nitrogens with one attached hydrogen (secondary N) is 1. The van der Waals surface area contributed by atoms with Crippen LogP contribution in [0.25, 0.3) is 0 Å². The van der Waals surface area contributed by atoms with E-state index in [1.54, 1.807) is 0 Å². The van der Waals surface area contributed by atoms with Crippen LogP contribution < -0.4 is 5.32 Å². The minimum absolute atomic E-state index is 0.151. The topological polar surface area (TPSA) is 46.2 Å². The maximum Gasteiger partial charge on any atom is 0.155 e. The fourth-order valence-corrected chi connectivity index (χ4v) is 5.81. The molecule has 0 spiro atoms. The molecule has 2 unspecified atom stereocenters. The number of hydrogen-bond donors (Lipinski definition) is 1. The third-order valence-corrected chi connectivity index (χ3v) is 7.41. The molecule has 6 heteroatoms. The highest BCUT2D eigenvalue weighted by atomic mass is 79.9. The van der Waals surface area contributed by atoms with Crippen molar-refractivity contribution in [2.24, 2.45) is 0 Å². The van der Waals surface area contributed by atoms with Gasteiger partial charge in [-0.05, 0) is 49.6 Å². The van der Waals surface area contributed by atoms with E-state index in [0.29, 0.717) is 5.75 Å². The van der Waals surface area contributed by atoms with Gasteiger partial charge in [-0.15, -0.1) is 0 Å². The van der Waals surface area contributed by atoms with Gasteiger partial charge in [0.25, 0.3) is 0 Å². The fourth-order valence-electron chi connectivity index (χ4n) is 2.85. The molecule has 1 heterocycles. The standard InChI is InChI=1S/C15H21Br2NO2S/c1-2-8-18-15(12-10-11(16)6-7-13(12)17)14-5-3-4-9-21(14,19)20/h6-7,10,14-15,18H,2-5,8-9H2,1H3. The largest absolute Gasteiger partial charge is 0.309 e. The van der Waals surface area contributed by atoms with Crippen molar-refractivity contribution in [2.75, 3.05) is 12.3 Å². The highest BCUT2D eigenvalue weighted by Gasteiger charge is 2.36. The Bertz CT molecular complexity index is 589. The van der Waals surface area contributed by atoms with E-state index in [-0.39, 0.29) is 11.3 Å². The molecule has 0 radical (unpaired) electrons. The zero-order valence-electron chi connectivity index (χ0n) is 12.1. The lowest BCUT2D eigenvalue weighted by Crippen LogP contribution is -2.41. The van der Waals surface area contributed by atoms with Crippen molar-refractivity contribution in [3.8, 4) is 0 Å². The monoisotopic (exact) mass is 437 g/mol. The van der Waals surface area contributed by atoms with Crippen molar-refractivity contribution < 1.29 is 8.42 Å². The van der Waals surface area contributed by atoms with Gasteiger partial charge in [0.05, 0.1) is 17.0 Å². The fraction of sp³-hybridized carbons (Fsp3) is 0.600. The smallest absolute Gasteiger partial charge is 0.155 e. The molecule has 21 heavy (non-hydrogen) atoms. The normalized spacial score (nSPS) is 22.9. The molecule has 0 amide bonds. The zero-order valence-corrected chi connectivity index (χ0v) is 16.1. The van der Waals surface area contributed by atoms with Crippen LogP contribution in [0.3, 0.4) is 0 Å². The summed E-state index contributed by atoms with van der Waals surface area (Å²) < 4.78 is 26.9. The van der Waals surface area contributed by atoms with E-state index in [1.807, 2.05) is 18.2 Å². The van der Waals surface area contributed by atoms with Crippen LogP contribution in [0.15, 0.2) is 27.1 Å². The molecular formula is C15H21Br2NO2S. The predicted octanol–water partition coefficient (Wildman–Crippen LogP) is 4.22. The first-order valence-electron chi connectivity index (χ1n) is 7.35. The second-order valence-electron chi connectivity index (χ2n) is 5.50. The van der Waals surface area contributed by atoms with E-state index in [9.17, 15) is 8.42 Å². The maximum atomic E-state index is 12.5. The summed E-state index contributed by atoms with van der Waals surface area (Å²) in [5.41, 5.74) is 1.02. The Labute approximate surface area is 144 Å². The summed E-state index contributed by atoms with van der Waals surface area (Å²) in [5.74, 6) is 0.313. The van der Waals surface area contributed by atoms with Gasteiger partial charge in [0.2, 0.25) is 0 Å². The van der Waals surface area contributed by atoms with E-state index < -0.39 is 9.84 Å². The SMILES string of the molecule is CCCNC(c1cc(Br)ccc1Br)C1CCCCS1(=O)=O. The van der Waals surface area contributed by atoms with Crippen molar-refractivity contribution in [3.63, 3.8) is 0 Å². The Morgan fingerprint density at radius 2 is 2.10 bits per heavy atom. The van der Waals surface area contributed by atoms with Crippen LogP contribution in [0.4, 0.5) is 0 Å². The molecule has 1 aromatic rings. The molecule has 1 aromatic carbocycles. The van der Waals surface area contributed by atoms with E-state index in [2.05, 4.69) is 44.1 Å². The van der Waals surface area contributed by atoms with Crippen LogP contribution in [0, 0.1) is 0 Å². The van der Waals surface area contributed by atoms with Crippen LogP contribution in [0.5, 0.6) is 0 Å². The average molecular weight is 439 g/mol. The Morgan fingerprint density at radius 1 is 1.33 bits per heavy atom. The van der Waals surface area contributed by atoms with Crippen LogP contribution in [0.2, 0.25) is 0 Å². The molecule has 0 aromatic heterocycles. The molecule has 1 aliphatic heterocycles. The summed E-state index contributed by atoms with van der Waals surface area (Å²) in [6.07, 6.45) is 3.50. The molecule has 1 saturated heterocycles. The number of hydrogen-bond acceptors (Lipinski definition) is 3. The molecule has 0 bridgehead atoms. The molecule has 0 saturated carbocycles. The summed E-state index contributed by atoms with van der Waals surface area (Å²) >= 11 is 7.06. The summed E-state index contributed by atoms with van der Waals surface area (Å²) in [6, 6.07) is 5.79. The molecule has 2 rings (SSSR count). The zero-order chi connectivity index (χ0) is 15.5. The summed E-state index contributed by atoms with van der Waals surface area (Å²) in [5, 5.41) is 3.12. The minimum Gasteiger partial charge on any atom is -0.309 e. The number of rotatable bonds is 5. The quantitative estimate of drug-likeness (QED) is 0.748. The van der Waals surface area contributed by atoms with Gasteiger partial charge in [-0.3, -0.25) is 0 Å². The van der Waals surface area contributed by atoms with Gasteiger partial charge >= 0.3 is 0 Å². The van der Waals surface area contributed by atoms with E-state index in [1.165, 1.54) is 0 Å². The van der Waals surface area contributed by atoms with E-state index in [0.717, 1.165) is 46.7 Å². The Balaban J connectivity index is 2.40. The lowest BCUT2D eigenvalue weighted by molar-refractivity contribution is 0.445. The van der Waals surface area contributed by atoms with Crippen molar-refractivity contribution >= 4 is 41.7 Å². The second kappa shape index (κ2) is 7.57. The molecule has 118 valence electrons. The van der Waals surface area contributed by atoms with Crippen molar-refractivity contribution in [2.45, 2.75) is 43.9 Å². The first-order chi connectivity index (χ1) is 9.95. The minimum atomic E-state index is -3.03. The molecule has 1 fully saturated rings. The molecule has 0 aliphatic carbocycles. The first-order valence-corrected chi connectivity index (χ1v) is 10.7. The van der Waals surface area contributed by atoms with Gasteiger partial charge in [-0.1, -0.05) is 45.2 Å². The summed E-state index contributed by atoms with van der Waals surface area (Å²) in [6.45, 7) is 2.91. The second-order valence-corrected chi connectivity index (χ2v) is 9.61. The third-order valence-electron chi connectivity index (χ3n) is 3.91. The lowest BCUT2D eigenvalue weighted by Gasteiger charge is -2.32. The third kappa shape index (κ3) is 4.30. The molecular weight excluding hydrogens is 418 g/mol. The van der Waals surface area contributed by atoms with Crippen LogP contribution in [-0.4, -0.2) is 26.0 Å². The molecule has 1 N–H and O–H groups in total. The van der Waals surface area contributed by atoms with Crippen molar-refractivity contribution in [1.82, 2.24) is 5.32 Å². The van der Waals surface area contributed by atoms with Crippen LogP contribution in [-0.2, 0) is 9.84 Å². The van der Waals surface area contributed by atoms with Crippen molar-refractivity contribution in [3.05, 3.63) is 32.7 Å². The lowest BCUT2D eigenvalue weighted by atomic mass is 9.99. The Morgan fingerprint density at radius 3 is 2.76 bits per heavy atom. The molecule has 2 atom stereocenters. The average Bonchev–Trinajstić information content (AvgIpc) is 2.44.